The van der Waals surface area contributed by atoms with Crippen LogP contribution in [0.5, 0.6) is 0 Å². The maximum absolute atomic E-state index is 12.1. The van der Waals surface area contributed by atoms with Crippen molar-refractivity contribution in [2.24, 2.45) is 0 Å². The summed E-state index contributed by atoms with van der Waals surface area (Å²) in [5, 5.41) is 3.42. The van der Waals surface area contributed by atoms with Crippen molar-refractivity contribution in [3.63, 3.8) is 0 Å². The first kappa shape index (κ1) is 15.3. The van der Waals surface area contributed by atoms with Crippen LogP contribution in [-0.4, -0.2) is 24.0 Å². The fourth-order valence-corrected chi connectivity index (χ4v) is 2.15. The number of halogens is 1. The van der Waals surface area contributed by atoms with Gasteiger partial charge < -0.3 is 10.2 Å². The second-order valence-corrected chi connectivity index (χ2v) is 4.97. The van der Waals surface area contributed by atoms with Gasteiger partial charge in [0.2, 0.25) is 0 Å². The Hall–Kier alpha value is -2.07. The Kier molecular flexibility index (Phi) is 5.17. The van der Waals surface area contributed by atoms with Gasteiger partial charge in [0.25, 0.3) is 5.91 Å². The molecule has 0 fully saturated rings. The molecular weight excluding hydrogens is 286 g/mol. The molecule has 0 spiro atoms. The minimum atomic E-state index is -0.233. The number of anilines is 2. The summed E-state index contributed by atoms with van der Waals surface area (Å²) < 4.78 is 0. The van der Waals surface area contributed by atoms with Gasteiger partial charge in [-0.25, -0.2) is 4.98 Å². The van der Waals surface area contributed by atoms with Crippen LogP contribution in [0.25, 0.3) is 0 Å². The molecule has 2 aromatic rings. The van der Waals surface area contributed by atoms with E-state index in [1.54, 1.807) is 36.5 Å². The van der Waals surface area contributed by atoms with Crippen LogP contribution in [0.1, 0.15) is 24.3 Å². The molecule has 4 nitrogen and oxygen atoms in total. The van der Waals surface area contributed by atoms with Gasteiger partial charge in [0.05, 0.1) is 11.9 Å². The molecule has 0 saturated heterocycles. The summed E-state index contributed by atoms with van der Waals surface area (Å²) in [5.41, 5.74) is 2.10. The van der Waals surface area contributed by atoms with Gasteiger partial charge in [-0.2, -0.15) is 0 Å². The van der Waals surface area contributed by atoms with E-state index in [2.05, 4.69) is 29.0 Å². The zero-order valence-corrected chi connectivity index (χ0v) is 12.9. The molecule has 0 aliphatic rings. The fourth-order valence-electron chi connectivity index (χ4n) is 2.02. The van der Waals surface area contributed by atoms with Crippen molar-refractivity contribution in [3.05, 3.63) is 53.3 Å². The van der Waals surface area contributed by atoms with Gasteiger partial charge in [-0.15, -0.1) is 0 Å². The molecule has 0 bridgehead atoms. The smallest absolute Gasteiger partial charge is 0.274 e. The summed E-state index contributed by atoms with van der Waals surface area (Å²) in [4.78, 5) is 18.5. The molecule has 21 heavy (non-hydrogen) atoms. The number of carbonyl (C=O) groups is 1. The quantitative estimate of drug-likeness (QED) is 0.913. The van der Waals surface area contributed by atoms with Crippen molar-refractivity contribution < 1.29 is 4.79 Å². The normalized spacial score (nSPS) is 10.2. The van der Waals surface area contributed by atoms with Crippen molar-refractivity contribution in [2.75, 3.05) is 23.3 Å². The first-order valence-electron chi connectivity index (χ1n) is 6.92. The number of aromatic nitrogens is 1. The molecule has 1 heterocycles. The minimum absolute atomic E-state index is 0.233. The monoisotopic (exact) mass is 303 g/mol. The lowest BCUT2D eigenvalue weighted by Gasteiger charge is -2.20. The third-order valence-electron chi connectivity index (χ3n) is 3.21. The number of nitrogens with one attached hydrogen (secondary N) is 1. The van der Waals surface area contributed by atoms with E-state index in [1.807, 2.05) is 6.07 Å². The Morgan fingerprint density at radius 3 is 2.33 bits per heavy atom. The molecule has 1 amide bonds. The van der Waals surface area contributed by atoms with E-state index in [1.165, 1.54) is 0 Å². The lowest BCUT2D eigenvalue weighted by atomic mass is 10.2. The molecule has 0 aliphatic heterocycles. The number of carbonyl (C=O) groups excluding carboxylic acids is 1. The molecule has 1 aromatic heterocycles. The summed E-state index contributed by atoms with van der Waals surface area (Å²) in [6.45, 7) is 6.00. The first-order chi connectivity index (χ1) is 10.1. The van der Waals surface area contributed by atoms with E-state index in [0.717, 1.165) is 18.8 Å². The maximum Gasteiger partial charge on any atom is 0.274 e. The molecule has 5 heteroatoms. The third-order valence-corrected chi connectivity index (χ3v) is 3.46. The fraction of sp³-hybridized carbons (Fsp3) is 0.250. The number of hydrogen-bond acceptors (Lipinski definition) is 3. The summed E-state index contributed by atoms with van der Waals surface area (Å²) >= 11 is 5.81. The van der Waals surface area contributed by atoms with Gasteiger partial charge in [0, 0.05) is 23.8 Å². The number of nitrogens with zero attached hydrogens (tertiary/aromatic N) is 2. The molecule has 110 valence electrons. The lowest BCUT2D eigenvalue weighted by molar-refractivity contribution is 0.102. The highest BCUT2D eigenvalue weighted by molar-refractivity contribution is 6.30. The average molecular weight is 304 g/mol. The molecule has 1 N–H and O–H groups in total. The van der Waals surface area contributed by atoms with Crippen LogP contribution >= 0.6 is 11.6 Å². The van der Waals surface area contributed by atoms with Crippen LogP contribution in [-0.2, 0) is 0 Å². The van der Waals surface area contributed by atoms with E-state index >= 15 is 0 Å². The van der Waals surface area contributed by atoms with Crippen molar-refractivity contribution >= 4 is 28.9 Å². The zero-order chi connectivity index (χ0) is 15.2. The SMILES string of the molecule is CCN(CC)c1ccc(C(=O)Nc2ccc(Cl)cc2)nc1. The van der Waals surface area contributed by atoms with Crippen molar-refractivity contribution in [1.82, 2.24) is 4.98 Å². The van der Waals surface area contributed by atoms with Gasteiger partial charge >= 0.3 is 0 Å². The van der Waals surface area contributed by atoms with E-state index in [4.69, 9.17) is 11.6 Å². The first-order valence-corrected chi connectivity index (χ1v) is 7.29. The number of rotatable bonds is 5. The Balaban J connectivity index is 2.07. The second-order valence-electron chi connectivity index (χ2n) is 4.53. The highest BCUT2D eigenvalue weighted by atomic mass is 35.5. The van der Waals surface area contributed by atoms with E-state index in [0.29, 0.717) is 16.4 Å². The van der Waals surface area contributed by atoms with Crippen LogP contribution in [0.15, 0.2) is 42.6 Å². The Morgan fingerprint density at radius 1 is 1.14 bits per heavy atom. The summed E-state index contributed by atoms with van der Waals surface area (Å²) in [6, 6.07) is 10.6. The lowest BCUT2D eigenvalue weighted by Crippen LogP contribution is -2.22. The highest BCUT2D eigenvalue weighted by Gasteiger charge is 2.09. The maximum atomic E-state index is 12.1. The van der Waals surface area contributed by atoms with Gasteiger partial charge in [-0.05, 0) is 50.2 Å². The van der Waals surface area contributed by atoms with Gasteiger partial charge in [0.15, 0.2) is 0 Å². The van der Waals surface area contributed by atoms with Crippen LogP contribution in [0.4, 0.5) is 11.4 Å². The van der Waals surface area contributed by atoms with Gasteiger partial charge in [0.1, 0.15) is 5.69 Å². The van der Waals surface area contributed by atoms with Crippen LogP contribution in [0, 0.1) is 0 Å². The largest absolute Gasteiger partial charge is 0.371 e. The highest BCUT2D eigenvalue weighted by Crippen LogP contribution is 2.16. The second kappa shape index (κ2) is 7.09. The number of amides is 1. The molecule has 0 saturated carbocycles. The number of hydrogen-bond donors (Lipinski definition) is 1. The van der Waals surface area contributed by atoms with E-state index in [-0.39, 0.29) is 5.91 Å². The van der Waals surface area contributed by atoms with E-state index in [9.17, 15) is 4.79 Å². The number of pyridine rings is 1. The Bertz CT molecular complexity index is 592. The molecule has 1 aromatic carbocycles. The zero-order valence-electron chi connectivity index (χ0n) is 12.1. The molecule has 0 radical (unpaired) electrons. The van der Waals surface area contributed by atoms with Gasteiger partial charge in [-0.3, -0.25) is 4.79 Å². The number of benzene rings is 1. The average Bonchev–Trinajstić information content (AvgIpc) is 2.51. The molecule has 0 unspecified atom stereocenters. The van der Waals surface area contributed by atoms with Crippen molar-refractivity contribution in [2.45, 2.75) is 13.8 Å². The standard InChI is InChI=1S/C16H18ClN3O/c1-3-20(4-2)14-9-10-15(18-11-14)16(21)19-13-7-5-12(17)6-8-13/h5-11H,3-4H2,1-2H3,(H,19,21). The van der Waals surface area contributed by atoms with Gasteiger partial charge in [-0.1, -0.05) is 11.6 Å². The van der Waals surface area contributed by atoms with Crippen LogP contribution in [0.3, 0.4) is 0 Å². The third kappa shape index (κ3) is 3.95. The minimum Gasteiger partial charge on any atom is -0.371 e. The Labute approximate surface area is 129 Å². The summed E-state index contributed by atoms with van der Waals surface area (Å²) in [6.07, 6.45) is 1.73. The Morgan fingerprint density at radius 2 is 1.81 bits per heavy atom. The van der Waals surface area contributed by atoms with Crippen LogP contribution in [0.2, 0.25) is 5.02 Å². The predicted molar refractivity (Wildman–Crippen MR) is 87.2 cm³/mol. The van der Waals surface area contributed by atoms with Crippen molar-refractivity contribution in [1.29, 1.82) is 0 Å². The predicted octanol–water partition coefficient (Wildman–Crippen LogP) is 3.83. The molecule has 2 rings (SSSR count). The summed E-state index contributed by atoms with van der Waals surface area (Å²) in [7, 11) is 0. The molecule has 0 aliphatic carbocycles. The van der Waals surface area contributed by atoms with Crippen molar-refractivity contribution in [3.8, 4) is 0 Å². The topological polar surface area (TPSA) is 45.2 Å². The van der Waals surface area contributed by atoms with Crippen LogP contribution < -0.4 is 10.2 Å². The molecular formula is C16H18ClN3O. The molecule has 0 atom stereocenters. The van der Waals surface area contributed by atoms with E-state index < -0.39 is 0 Å². The summed E-state index contributed by atoms with van der Waals surface area (Å²) in [5.74, 6) is -0.233.